The molecule has 0 atom stereocenters. The Kier molecular flexibility index (Phi) is 3.98. The quantitative estimate of drug-likeness (QED) is 0.793. The molecule has 3 aromatic rings. The van der Waals surface area contributed by atoms with Crippen molar-refractivity contribution in [2.45, 2.75) is 20.0 Å². The summed E-state index contributed by atoms with van der Waals surface area (Å²) in [6.45, 7) is 2.89. The van der Waals surface area contributed by atoms with Crippen LogP contribution in [0.3, 0.4) is 0 Å². The highest BCUT2D eigenvalue weighted by atomic mass is 16.5. The Balaban J connectivity index is 1.45. The van der Waals surface area contributed by atoms with Gasteiger partial charge in [-0.15, -0.1) is 0 Å². The maximum absolute atomic E-state index is 12.4. The zero-order valence-electron chi connectivity index (χ0n) is 13.9. The summed E-state index contributed by atoms with van der Waals surface area (Å²) in [6.07, 6.45) is 0.769. The summed E-state index contributed by atoms with van der Waals surface area (Å²) in [5.41, 5.74) is 4.24. The third-order valence-corrected chi connectivity index (χ3v) is 4.33. The Hall–Kier alpha value is -3.08. The van der Waals surface area contributed by atoms with Gasteiger partial charge in [-0.1, -0.05) is 47.1 Å². The summed E-state index contributed by atoms with van der Waals surface area (Å²) < 4.78 is 11.1. The number of nitrogens with one attached hydrogen (secondary N) is 1. The van der Waals surface area contributed by atoms with Gasteiger partial charge < -0.3 is 14.6 Å². The van der Waals surface area contributed by atoms with E-state index < -0.39 is 0 Å². The van der Waals surface area contributed by atoms with Crippen LogP contribution in [0.15, 0.2) is 53.1 Å². The van der Waals surface area contributed by atoms with Crippen molar-refractivity contribution in [1.29, 1.82) is 0 Å². The summed E-state index contributed by atoms with van der Waals surface area (Å²) in [5, 5.41) is 6.87. The second-order valence-electron chi connectivity index (χ2n) is 6.12. The Morgan fingerprint density at radius 2 is 1.96 bits per heavy atom. The first-order valence-corrected chi connectivity index (χ1v) is 8.27. The van der Waals surface area contributed by atoms with E-state index >= 15 is 0 Å². The Morgan fingerprint density at radius 3 is 2.80 bits per heavy atom. The number of benzene rings is 2. The van der Waals surface area contributed by atoms with Gasteiger partial charge in [0.25, 0.3) is 5.91 Å². The van der Waals surface area contributed by atoms with Crippen molar-refractivity contribution in [3.05, 3.63) is 70.9 Å². The molecular weight excluding hydrogens is 316 g/mol. The van der Waals surface area contributed by atoms with Crippen LogP contribution in [-0.2, 0) is 13.0 Å². The van der Waals surface area contributed by atoms with Gasteiger partial charge in [-0.25, -0.2) is 0 Å². The largest absolute Gasteiger partial charge is 0.488 e. The van der Waals surface area contributed by atoms with E-state index in [1.807, 2.05) is 24.3 Å². The molecule has 0 fully saturated rings. The van der Waals surface area contributed by atoms with Crippen LogP contribution in [0.2, 0.25) is 0 Å². The number of rotatable bonds is 4. The molecule has 0 saturated heterocycles. The van der Waals surface area contributed by atoms with Gasteiger partial charge in [-0.2, -0.15) is 0 Å². The third-order valence-electron chi connectivity index (χ3n) is 4.33. The van der Waals surface area contributed by atoms with E-state index in [1.165, 1.54) is 11.1 Å². The van der Waals surface area contributed by atoms with Crippen molar-refractivity contribution in [3.8, 4) is 17.1 Å². The Bertz CT molecular complexity index is 913. The lowest BCUT2D eigenvalue weighted by atomic mass is 10.0. The molecule has 0 radical (unpaired) electrons. The average Bonchev–Trinajstić information content (AvgIpc) is 3.08. The summed E-state index contributed by atoms with van der Waals surface area (Å²) in [5.74, 6) is 1.13. The van der Waals surface area contributed by atoms with Crippen LogP contribution in [0.1, 0.15) is 27.2 Å². The van der Waals surface area contributed by atoms with Gasteiger partial charge in [0.05, 0.1) is 11.1 Å². The number of fused-ring (bicyclic) bond motifs is 3. The van der Waals surface area contributed by atoms with Crippen LogP contribution < -0.4 is 10.1 Å². The number of carbonyl (C=O) groups excluding carboxylic acids is 1. The molecule has 2 aromatic carbocycles. The molecule has 5 heteroatoms. The number of para-hydroxylation sites is 1. The Morgan fingerprint density at radius 1 is 1.16 bits per heavy atom. The summed E-state index contributed by atoms with van der Waals surface area (Å²) >= 11 is 0. The van der Waals surface area contributed by atoms with E-state index in [4.69, 9.17) is 9.26 Å². The first-order valence-electron chi connectivity index (χ1n) is 8.27. The van der Waals surface area contributed by atoms with Crippen molar-refractivity contribution >= 4 is 5.91 Å². The van der Waals surface area contributed by atoms with E-state index in [0.717, 1.165) is 17.7 Å². The van der Waals surface area contributed by atoms with Crippen molar-refractivity contribution in [2.75, 3.05) is 6.54 Å². The molecule has 0 unspecified atom stereocenters. The van der Waals surface area contributed by atoms with Crippen LogP contribution >= 0.6 is 0 Å². The van der Waals surface area contributed by atoms with Crippen LogP contribution in [0.25, 0.3) is 11.3 Å². The lowest BCUT2D eigenvalue weighted by molar-refractivity contribution is 0.0943. The minimum Gasteiger partial charge on any atom is -0.488 e. The van der Waals surface area contributed by atoms with E-state index in [2.05, 4.69) is 41.7 Å². The Labute approximate surface area is 145 Å². The molecule has 0 spiro atoms. The number of carbonyl (C=O) groups is 1. The third kappa shape index (κ3) is 3.01. The van der Waals surface area contributed by atoms with Crippen LogP contribution in [-0.4, -0.2) is 17.6 Å². The standard InChI is InChI=1S/C20H18N2O3/c1-13-6-8-14(9-7-13)10-11-21-20(23)18-16-12-24-17-5-3-2-4-15(17)19(16)25-22-18/h2-9H,10-12H2,1H3,(H,21,23). The molecule has 1 aromatic heterocycles. The van der Waals surface area contributed by atoms with Crippen molar-refractivity contribution < 1.29 is 14.1 Å². The topological polar surface area (TPSA) is 64.4 Å². The van der Waals surface area contributed by atoms with Crippen LogP contribution in [0, 0.1) is 6.92 Å². The van der Waals surface area contributed by atoms with Crippen molar-refractivity contribution in [3.63, 3.8) is 0 Å². The SMILES string of the molecule is Cc1ccc(CCNC(=O)c2noc3c2COc2ccccc2-3)cc1. The summed E-state index contributed by atoms with van der Waals surface area (Å²) in [7, 11) is 0. The number of aryl methyl sites for hydroxylation is 1. The summed E-state index contributed by atoms with van der Waals surface area (Å²) in [6, 6.07) is 15.9. The molecule has 0 bridgehead atoms. The van der Waals surface area contributed by atoms with Gasteiger partial charge >= 0.3 is 0 Å². The number of hydrogen-bond donors (Lipinski definition) is 1. The molecule has 0 aliphatic carbocycles. The van der Waals surface area contributed by atoms with E-state index in [0.29, 0.717) is 23.6 Å². The van der Waals surface area contributed by atoms with Gasteiger partial charge in [0.15, 0.2) is 11.5 Å². The highest BCUT2D eigenvalue weighted by Crippen LogP contribution is 2.38. The first kappa shape index (κ1) is 15.4. The number of hydrogen-bond acceptors (Lipinski definition) is 4. The van der Waals surface area contributed by atoms with Crippen LogP contribution in [0.4, 0.5) is 0 Å². The molecule has 5 nitrogen and oxygen atoms in total. The fourth-order valence-corrected chi connectivity index (χ4v) is 2.92. The molecule has 1 aliphatic heterocycles. The monoisotopic (exact) mass is 334 g/mol. The molecule has 1 amide bonds. The second kappa shape index (κ2) is 6.43. The van der Waals surface area contributed by atoms with Gasteiger partial charge in [0.2, 0.25) is 0 Å². The van der Waals surface area contributed by atoms with E-state index in [-0.39, 0.29) is 12.5 Å². The minimum absolute atomic E-state index is 0.236. The second-order valence-corrected chi connectivity index (χ2v) is 6.12. The first-order chi connectivity index (χ1) is 12.2. The number of aromatic nitrogens is 1. The number of ether oxygens (including phenoxy) is 1. The fraction of sp³-hybridized carbons (Fsp3) is 0.200. The molecule has 1 N–H and O–H groups in total. The lowest BCUT2D eigenvalue weighted by Crippen LogP contribution is -2.27. The maximum atomic E-state index is 12.4. The zero-order valence-corrected chi connectivity index (χ0v) is 13.9. The number of nitrogens with zero attached hydrogens (tertiary/aromatic N) is 1. The van der Waals surface area contributed by atoms with Crippen molar-refractivity contribution in [2.24, 2.45) is 0 Å². The smallest absolute Gasteiger partial charge is 0.273 e. The highest BCUT2D eigenvalue weighted by Gasteiger charge is 2.28. The fourth-order valence-electron chi connectivity index (χ4n) is 2.92. The normalized spacial score (nSPS) is 12.0. The minimum atomic E-state index is -0.236. The van der Waals surface area contributed by atoms with Gasteiger partial charge in [0.1, 0.15) is 12.4 Å². The lowest BCUT2D eigenvalue weighted by Gasteiger charge is -2.15. The molecule has 4 rings (SSSR count). The molecule has 1 aliphatic rings. The molecular formula is C20H18N2O3. The van der Waals surface area contributed by atoms with Gasteiger partial charge in [-0.05, 0) is 31.0 Å². The average molecular weight is 334 g/mol. The predicted molar refractivity (Wildman–Crippen MR) is 93.5 cm³/mol. The van der Waals surface area contributed by atoms with Gasteiger partial charge in [0, 0.05) is 6.54 Å². The van der Waals surface area contributed by atoms with Crippen LogP contribution in [0.5, 0.6) is 5.75 Å². The van der Waals surface area contributed by atoms with E-state index in [1.54, 1.807) is 0 Å². The number of amides is 1. The molecule has 25 heavy (non-hydrogen) atoms. The summed E-state index contributed by atoms with van der Waals surface area (Å²) in [4.78, 5) is 12.4. The van der Waals surface area contributed by atoms with Crippen molar-refractivity contribution in [1.82, 2.24) is 10.5 Å². The molecule has 0 saturated carbocycles. The predicted octanol–water partition coefficient (Wildman–Crippen LogP) is 3.51. The van der Waals surface area contributed by atoms with Gasteiger partial charge in [-0.3, -0.25) is 4.79 Å². The highest BCUT2D eigenvalue weighted by molar-refractivity contribution is 5.95. The molecule has 126 valence electrons. The maximum Gasteiger partial charge on any atom is 0.273 e. The molecule has 2 heterocycles. The van der Waals surface area contributed by atoms with E-state index in [9.17, 15) is 4.79 Å². The zero-order chi connectivity index (χ0) is 17.2.